The molecule has 1 aliphatic rings. The van der Waals surface area contributed by atoms with Gasteiger partial charge >= 0.3 is 6.36 Å². The highest BCUT2D eigenvalue weighted by Gasteiger charge is 2.32. The van der Waals surface area contributed by atoms with E-state index in [4.69, 9.17) is 0 Å². The number of benzene rings is 1. The lowest BCUT2D eigenvalue weighted by Crippen LogP contribution is -2.48. The van der Waals surface area contributed by atoms with E-state index in [1.165, 1.54) is 29.5 Å². The first-order chi connectivity index (χ1) is 15.6. The number of hydrogen-bond acceptors (Lipinski definition) is 6. The summed E-state index contributed by atoms with van der Waals surface area (Å²) in [6.07, 6.45) is -5.34. The summed E-state index contributed by atoms with van der Waals surface area (Å²) < 4.78 is 41.7. The minimum absolute atomic E-state index is 0.0538. The molecule has 0 spiro atoms. The van der Waals surface area contributed by atoms with Crippen LogP contribution >= 0.6 is 11.3 Å². The molecule has 180 valence electrons. The van der Waals surface area contributed by atoms with Gasteiger partial charge in [0.2, 0.25) is 5.91 Å². The number of rotatable bonds is 8. The molecule has 0 bridgehead atoms. The fourth-order valence-corrected chi connectivity index (χ4v) is 4.45. The van der Waals surface area contributed by atoms with E-state index >= 15 is 0 Å². The summed E-state index contributed by atoms with van der Waals surface area (Å²) in [6, 6.07) is 9.22. The van der Waals surface area contributed by atoms with Crippen LogP contribution in [0, 0.1) is 0 Å². The number of halogens is 3. The average Bonchev–Trinajstić information content (AvgIpc) is 3.20. The first kappa shape index (κ1) is 25.0. The average molecular weight is 486 g/mol. The van der Waals surface area contributed by atoms with Crippen molar-refractivity contribution in [3.05, 3.63) is 51.7 Å². The first-order valence-electron chi connectivity index (χ1n) is 10.5. The lowest BCUT2D eigenvalue weighted by molar-refractivity contribution is -0.274. The molecule has 1 aliphatic heterocycles. The summed E-state index contributed by atoms with van der Waals surface area (Å²) in [5, 5.41) is 12.0. The Labute approximate surface area is 193 Å². The number of thiophene rings is 1. The zero-order valence-corrected chi connectivity index (χ0v) is 18.9. The highest BCUT2D eigenvalue weighted by Crippen LogP contribution is 2.26. The number of ether oxygens (including phenoxy) is 1. The van der Waals surface area contributed by atoms with Gasteiger partial charge in [0.25, 0.3) is 5.91 Å². The van der Waals surface area contributed by atoms with E-state index in [9.17, 15) is 27.9 Å². The smallest absolute Gasteiger partial charge is 0.405 e. The van der Waals surface area contributed by atoms with Gasteiger partial charge in [-0.1, -0.05) is 18.2 Å². The quantitative estimate of drug-likeness (QED) is 0.601. The van der Waals surface area contributed by atoms with Crippen LogP contribution in [0.25, 0.3) is 0 Å². The van der Waals surface area contributed by atoms with Gasteiger partial charge in [-0.2, -0.15) is 0 Å². The maximum Gasteiger partial charge on any atom is 0.573 e. The highest BCUT2D eigenvalue weighted by molar-refractivity contribution is 7.14. The molecule has 1 saturated heterocycles. The second-order valence-corrected chi connectivity index (χ2v) is 8.98. The Morgan fingerprint density at radius 3 is 2.52 bits per heavy atom. The number of nitrogens with zero attached hydrogens (tertiary/aromatic N) is 2. The fraction of sp³-hybridized carbons (Fsp3) is 0.455. The predicted octanol–water partition coefficient (Wildman–Crippen LogP) is 2.99. The van der Waals surface area contributed by atoms with Crippen LogP contribution in [0.15, 0.2) is 36.4 Å². The maximum atomic E-state index is 12.6. The number of nitrogens with one attached hydrogen (secondary N) is 1. The second-order valence-electron chi connectivity index (χ2n) is 7.81. The van der Waals surface area contributed by atoms with Crippen LogP contribution in [-0.4, -0.2) is 65.4 Å². The van der Waals surface area contributed by atoms with Crippen molar-refractivity contribution in [1.82, 2.24) is 15.1 Å². The molecule has 0 radical (unpaired) electrons. The molecule has 2 aromatic rings. The number of carbonyl (C=O) groups excluding carboxylic acids is 2. The van der Waals surface area contributed by atoms with E-state index in [0.29, 0.717) is 37.6 Å². The normalized spacial score (nSPS) is 15.8. The van der Waals surface area contributed by atoms with Crippen LogP contribution in [0.4, 0.5) is 13.2 Å². The molecule has 1 aromatic carbocycles. The van der Waals surface area contributed by atoms with E-state index in [2.05, 4.69) is 15.0 Å². The molecule has 1 atom stereocenters. The van der Waals surface area contributed by atoms with Crippen molar-refractivity contribution in [3.63, 3.8) is 0 Å². The van der Waals surface area contributed by atoms with Crippen molar-refractivity contribution in [1.29, 1.82) is 0 Å². The fourth-order valence-electron chi connectivity index (χ4n) is 3.48. The van der Waals surface area contributed by atoms with Gasteiger partial charge in [0.05, 0.1) is 17.4 Å². The van der Waals surface area contributed by atoms with E-state index in [1.807, 2.05) is 6.07 Å². The monoisotopic (exact) mass is 485 g/mol. The van der Waals surface area contributed by atoms with Crippen LogP contribution in [0.2, 0.25) is 0 Å². The van der Waals surface area contributed by atoms with Crippen LogP contribution < -0.4 is 10.1 Å². The van der Waals surface area contributed by atoms with Gasteiger partial charge in [0.15, 0.2) is 0 Å². The van der Waals surface area contributed by atoms with Crippen LogP contribution in [0.5, 0.6) is 5.75 Å². The van der Waals surface area contributed by atoms with Gasteiger partial charge in [-0.25, -0.2) is 0 Å². The number of aliphatic hydroxyl groups is 1. The Hall–Kier alpha value is -2.63. The third-order valence-corrected chi connectivity index (χ3v) is 6.17. The molecule has 3 rings (SSSR count). The van der Waals surface area contributed by atoms with E-state index in [1.54, 1.807) is 24.0 Å². The predicted molar refractivity (Wildman–Crippen MR) is 117 cm³/mol. The van der Waals surface area contributed by atoms with Crippen LogP contribution in [0.1, 0.15) is 33.5 Å². The second kappa shape index (κ2) is 11.0. The number of piperazine rings is 1. The minimum Gasteiger partial charge on any atom is -0.405 e. The maximum absolute atomic E-state index is 12.6. The van der Waals surface area contributed by atoms with E-state index in [-0.39, 0.29) is 36.1 Å². The Morgan fingerprint density at radius 2 is 1.85 bits per heavy atom. The molecule has 11 heteroatoms. The van der Waals surface area contributed by atoms with Gasteiger partial charge in [-0.3, -0.25) is 14.5 Å². The number of hydrogen-bond donors (Lipinski definition) is 2. The molecule has 2 N–H and O–H groups in total. The van der Waals surface area contributed by atoms with Crippen molar-refractivity contribution < 1.29 is 32.6 Å². The van der Waals surface area contributed by atoms with Crippen molar-refractivity contribution in [2.75, 3.05) is 26.2 Å². The molecular weight excluding hydrogens is 459 g/mol. The van der Waals surface area contributed by atoms with Gasteiger partial charge in [0.1, 0.15) is 5.75 Å². The third kappa shape index (κ3) is 7.72. The lowest BCUT2D eigenvalue weighted by Gasteiger charge is -2.34. The Bertz CT molecular complexity index is 956. The molecule has 0 saturated carbocycles. The number of carbonyl (C=O) groups is 2. The molecule has 1 aromatic heterocycles. The zero-order valence-electron chi connectivity index (χ0n) is 18.1. The third-order valence-electron chi connectivity index (χ3n) is 5.10. The van der Waals surface area contributed by atoms with Gasteiger partial charge in [-0.05, 0) is 25.1 Å². The zero-order chi connectivity index (χ0) is 24.0. The van der Waals surface area contributed by atoms with Crippen molar-refractivity contribution in [2.45, 2.75) is 38.9 Å². The number of amides is 2. The molecule has 33 heavy (non-hydrogen) atoms. The van der Waals surface area contributed by atoms with Crippen LogP contribution in [-0.2, 0) is 17.9 Å². The lowest BCUT2D eigenvalue weighted by atomic mass is 10.2. The summed E-state index contributed by atoms with van der Waals surface area (Å²) >= 11 is 1.32. The first-order valence-corrected chi connectivity index (χ1v) is 11.3. The molecule has 0 aliphatic carbocycles. The number of aliphatic hydroxyl groups excluding tert-OH is 1. The topological polar surface area (TPSA) is 82.1 Å². The van der Waals surface area contributed by atoms with Gasteiger partial charge < -0.3 is 20.1 Å². The molecule has 2 amide bonds. The highest BCUT2D eigenvalue weighted by atomic mass is 32.1. The summed E-state index contributed by atoms with van der Waals surface area (Å²) in [5.74, 6) is -0.772. The molecular formula is C22H26F3N3O4S. The summed E-state index contributed by atoms with van der Waals surface area (Å²) in [4.78, 5) is 29.9. The van der Waals surface area contributed by atoms with Gasteiger partial charge in [0, 0.05) is 49.7 Å². The number of alkyl halides is 3. The largest absolute Gasteiger partial charge is 0.573 e. The standard InChI is InChI=1S/C22H26F3N3O4S/c1-15(29)12-20(30)28-10-8-27(9-11-28)14-17-6-7-19(33-17)21(31)26-13-16-4-2-3-5-18(16)32-22(23,24)25/h2-7,15,29H,8-14H2,1H3,(H,26,31). The molecule has 1 fully saturated rings. The molecule has 1 unspecified atom stereocenters. The summed E-state index contributed by atoms with van der Waals surface area (Å²) in [7, 11) is 0. The molecule has 7 nitrogen and oxygen atoms in total. The van der Waals surface area contributed by atoms with Gasteiger partial charge in [-0.15, -0.1) is 24.5 Å². The summed E-state index contributed by atoms with van der Waals surface area (Å²) in [5.41, 5.74) is 0.225. The molecule has 2 heterocycles. The summed E-state index contributed by atoms with van der Waals surface area (Å²) in [6.45, 7) is 4.70. The Balaban J connectivity index is 1.49. The van der Waals surface area contributed by atoms with Crippen molar-refractivity contribution >= 4 is 23.2 Å². The van der Waals surface area contributed by atoms with Crippen LogP contribution in [0.3, 0.4) is 0 Å². The number of para-hydroxylation sites is 1. The van der Waals surface area contributed by atoms with E-state index < -0.39 is 12.5 Å². The van der Waals surface area contributed by atoms with Crippen molar-refractivity contribution in [2.24, 2.45) is 0 Å². The van der Waals surface area contributed by atoms with Crippen molar-refractivity contribution in [3.8, 4) is 5.75 Å². The van der Waals surface area contributed by atoms with E-state index in [0.717, 1.165) is 4.88 Å². The minimum atomic E-state index is -4.81. The SMILES string of the molecule is CC(O)CC(=O)N1CCN(Cc2ccc(C(=O)NCc3ccccc3OC(F)(F)F)s2)CC1. The Morgan fingerprint density at radius 1 is 1.15 bits per heavy atom. The Kier molecular flexibility index (Phi) is 8.33.